The van der Waals surface area contributed by atoms with Gasteiger partial charge in [0.2, 0.25) is 0 Å². The minimum Gasteiger partial charge on any atom is -0.465 e. The molecule has 0 spiro atoms. The normalized spacial score (nSPS) is 11.4. The molecule has 0 heterocycles. The zero-order valence-electron chi connectivity index (χ0n) is 13.9. The number of nitrogens with one attached hydrogen (secondary N) is 1. The second-order valence-electron chi connectivity index (χ2n) is 5.23. The summed E-state index contributed by atoms with van der Waals surface area (Å²) in [6.07, 6.45) is -1.06. The van der Waals surface area contributed by atoms with Crippen molar-refractivity contribution >= 4 is 46.7 Å². The fourth-order valence-electron chi connectivity index (χ4n) is 1.97. The first kappa shape index (κ1) is 19.8. The second-order valence-corrected chi connectivity index (χ2v) is 6.07. The Morgan fingerprint density at radius 2 is 1.54 bits per heavy atom. The van der Waals surface area contributed by atoms with Crippen LogP contribution in [0.2, 0.25) is 10.0 Å². The average Bonchev–Trinajstić information content (AvgIpc) is 2.63. The van der Waals surface area contributed by atoms with Crippen molar-refractivity contribution in [3.05, 3.63) is 63.6 Å². The van der Waals surface area contributed by atoms with Crippen LogP contribution in [0.15, 0.2) is 42.5 Å². The van der Waals surface area contributed by atoms with E-state index < -0.39 is 23.9 Å². The van der Waals surface area contributed by atoms with Gasteiger partial charge in [0.1, 0.15) is 0 Å². The Morgan fingerprint density at radius 1 is 0.962 bits per heavy atom. The van der Waals surface area contributed by atoms with E-state index in [1.165, 1.54) is 44.4 Å². The summed E-state index contributed by atoms with van der Waals surface area (Å²) in [6, 6.07) is 10.3. The van der Waals surface area contributed by atoms with Gasteiger partial charge in [0, 0.05) is 5.02 Å². The second kappa shape index (κ2) is 8.69. The molecule has 0 aliphatic carbocycles. The lowest BCUT2D eigenvalue weighted by molar-refractivity contribution is -0.123. The van der Waals surface area contributed by atoms with Crippen LogP contribution in [-0.2, 0) is 14.3 Å². The number of methoxy groups -OCH3 is 1. The van der Waals surface area contributed by atoms with Gasteiger partial charge in [-0.3, -0.25) is 4.79 Å². The number of anilines is 1. The van der Waals surface area contributed by atoms with Crippen molar-refractivity contribution in [1.29, 1.82) is 0 Å². The average molecular weight is 396 g/mol. The Balaban J connectivity index is 1.99. The first-order valence-corrected chi connectivity index (χ1v) is 8.22. The smallest absolute Gasteiger partial charge is 0.338 e. The highest BCUT2D eigenvalue weighted by Crippen LogP contribution is 2.25. The number of esters is 2. The maximum Gasteiger partial charge on any atom is 0.338 e. The van der Waals surface area contributed by atoms with Gasteiger partial charge in [0.05, 0.1) is 28.9 Å². The van der Waals surface area contributed by atoms with Crippen LogP contribution in [0.1, 0.15) is 27.6 Å². The van der Waals surface area contributed by atoms with Crippen LogP contribution in [0.4, 0.5) is 5.69 Å². The van der Waals surface area contributed by atoms with E-state index in [-0.39, 0.29) is 10.6 Å². The summed E-state index contributed by atoms with van der Waals surface area (Å²) in [5.74, 6) is -1.77. The van der Waals surface area contributed by atoms with Gasteiger partial charge in [-0.05, 0) is 49.4 Å². The molecule has 2 rings (SSSR count). The first-order chi connectivity index (χ1) is 12.3. The molecule has 1 unspecified atom stereocenters. The minimum atomic E-state index is -1.06. The van der Waals surface area contributed by atoms with Crippen LogP contribution >= 0.6 is 23.2 Å². The largest absolute Gasteiger partial charge is 0.465 e. The number of carbonyl (C=O) groups is 3. The number of amides is 1. The van der Waals surface area contributed by atoms with Gasteiger partial charge in [-0.25, -0.2) is 9.59 Å². The Labute approximate surface area is 160 Å². The topological polar surface area (TPSA) is 81.7 Å². The lowest BCUT2D eigenvalue weighted by Crippen LogP contribution is -2.30. The number of halogens is 2. The Hall–Kier alpha value is -2.57. The van der Waals surface area contributed by atoms with Crippen LogP contribution in [0.25, 0.3) is 0 Å². The van der Waals surface area contributed by atoms with E-state index in [4.69, 9.17) is 27.9 Å². The number of hydrogen-bond donors (Lipinski definition) is 1. The summed E-state index contributed by atoms with van der Waals surface area (Å²) in [5, 5.41) is 3.26. The van der Waals surface area contributed by atoms with Crippen LogP contribution < -0.4 is 5.32 Å². The molecular formula is C18H15Cl2NO5. The van der Waals surface area contributed by atoms with Gasteiger partial charge in [-0.1, -0.05) is 23.2 Å². The monoisotopic (exact) mass is 395 g/mol. The molecule has 0 aliphatic heterocycles. The number of rotatable bonds is 5. The summed E-state index contributed by atoms with van der Waals surface area (Å²) in [6.45, 7) is 1.43. The molecular weight excluding hydrogens is 381 g/mol. The van der Waals surface area contributed by atoms with Crippen molar-refractivity contribution in [2.45, 2.75) is 13.0 Å². The third-order valence-corrected chi connectivity index (χ3v) is 3.93. The molecule has 1 amide bonds. The molecule has 136 valence electrons. The quantitative estimate of drug-likeness (QED) is 0.774. The molecule has 2 aromatic rings. The van der Waals surface area contributed by atoms with Crippen LogP contribution in [0.5, 0.6) is 0 Å². The highest BCUT2D eigenvalue weighted by atomic mass is 35.5. The zero-order valence-corrected chi connectivity index (χ0v) is 15.4. The summed E-state index contributed by atoms with van der Waals surface area (Å²) in [4.78, 5) is 35.6. The molecule has 1 atom stereocenters. The summed E-state index contributed by atoms with van der Waals surface area (Å²) in [5.41, 5.74) is 0.848. The molecule has 0 saturated carbocycles. The van der Waals surface area contributed by atoms with Gasteiger partial charge < -0.3 is 14.8 Å². The SMILES string of the molecule is COC(=O)c1ccc(C(=O)OC(C)C(=O)Nc2ccc(Cl)cc2Cl)cc1. The van der Waals surface area contributed by atoms with Crippen molar-refractivity contribution in [3.63, 3.8) is 0 Å². The predicted molar refractivity (Wildman–Crippen MR) is 97.8 cm³/mol. The molecule has 1 N–H and O–H groups in total. The van der Waals surface area contributed by atoms with Crippen LogP contribution in [0.3, 0.4) is 0 Å². The summed E-state index contributed by atoms with van der Waals surface area (Å²) >= 11 is 11.8. The summed E-state index contributed by atoms with van der Waals surface area (Å²) < 4.78 is 9.70. The number of benzene rings is 2. The lowest BCUT2D eigenvalue weighted by atomic mass is 10.1. The maximum absolute atomic E-state index is 12.2. The zero-order chi connectivity index (χ0) is 19.3. The molecule has 0 fully saturated rings. The van der Waals surface area contributed by atoms with Crippen LogP contribution in [0, 0.1) is 0 Å². The van der Waals surface area contributed by atoms with Gasteiger partial charge in [-0.15, -0.1) is 0 Å². The molecule has 8 heteroatoms. The third kappa shape index (κ3) is 4.97. The van der Waals surface area contributed by atoms with E-state index in [0.29, 0.717) is 16.3 Å². The molecule has 0 aromatic heterocycles. The van der Waals surface area contributed by atoms with E-state index in [2.05, 4.69) is 10.1 Å². The lowest BCUT2D eigenvalue weighted by Gasteiger charge is -2.14. The fourth-order valence-corrected chi connectivity index (χ4v) is 2.42. The van der Waals surface area contributed by atoms with E-state index in [0.717, 1.165) is 0 Å². The Kier molecular flexibility index (Phi) is 6.60. The van der Waals surface area contributed by atoms with Gasteiger partial charge in [0.25, 0.3) is 5.91 Å². The third-order valence-electron chi connectivity index (χ3n) is 3.38. The molecule has 6 nitrogen and oxygen atoms in total. The summed E-state index contributed by atoms with van der Waals surface area (Å²) in [7, 11) is 1.26. The molecule has 0 aliphatic rings. The minimum absolute atomic E-state index is 0.196. The van der Waals surface area contributed by atoms with Crippen molar-refractivity contribution in [1.82, 2.24) is 0 Å². The van der Waals surface area contributed by atoms with E-state index in [9.17, 15) is 14.4 Å². The van der Waals surface area contributed by atoms with Gasteiger partial charge >= 0.3 is 11.9 Å². The van der Waals surface area contributed by atoms with Crippen molar-refractivity contribution in [2.24, 2.45) is 0 Å². The van der Waals surface area contributed by atoms with E-state index >= 15 is 0 Å². The van der Waals surface area contributed by atoms with Crippen molar-refractivity contribution < 1.29 is 23.9 Å². The number of carbonyl (C=O) groups excluding carboxylic acids is 3. The number of ether oxygens (including phenoxy) is 2. The molecule has 2 aromatic carbocycles. The van der Waals surface area contributed by atoms with Crippen molar-refractivity contribution in [3.8, 4) is 0 Å². The molecule has 26 heavy (non-hydrogen) atoms. The number of hydrogen-bond acceptors (Lipinski definition) is 5. The standard InChI is InChI=1S/C18H15Cl2NO5/c1-10(16(22)21-15-8-7-13(19)9-14(15)20)26-18(24)12-5-3-11(4-6-12)17(23)25-2/h3-10H,1-2H3,(H,21,22). The molecule has 0 radical (unpaired) electrons. The predicted octanol–water partition coefficient (Wildman–Crippen LogP) is 3.96. The Morgan fingerprint density at radius 3 is 2.08 bits per heavy atom. The van der Waals surface area contributed by atoms with Gasteiger partial charge in [-0.2, -0.15) is 0 Å². The van der Waals surface area contributed by atoms with Gasteiger partial charge in [0.15, 0.2) is 6.10 Å². The molecule has 0 bridgehead atoms. The highest BCUT2D eigenvalue weighted by molar-refractivity contribution is 6.36. The Bertz CT molecular complexity index is 836. The van der Waals surface area contributed by atoms with Crippen molar-refractivity contribution in [2.75, 3.05) is 12.4 Å². The van der Waals surface area contributed by atoms with Crippen LogP contribution in [-0.4, -0.2) is 31.1 Å². The first-order valence-electron chi connectivity index (χ1n) is 7.47. The fraction of sp³-hybridized carbons (Fsp3) is 0.167. The highest BCUT2D eigenvalue weighted by Gasteiger charge is 2.20. The van der Waals surface area contributed by atoms with E-state index in [1.807, 2.05) is 0 Å². The van der Waals surface area contributed by atoms with E-state index in [1.54, 1.807) is 12.1 Å². The maximum atomic E-state index is 12.2. The molecule has 0 saturated heterocycles.